The van der Waals surface area contributed by atoms with Crippen molar-refractivity contribution in [2.24, 2.45) is 5.92 Å². The third-order valence-electron chi connectivity index (χ3n) is 5.76. The van der Waals surface area contributed by atoms with Crippen LogP contribution in [0.4, 0.5) is 5.69 Å². The van der Waals surface area contributed by atoms with Crippen LogP contribution in [-0.4, -0.2) is 45.9 Å². The molecule has 0 atom stereocenters. The number of rotatable bonds is 5. The van der Waals surface area contributed by atoms with Crippen LogP contribution in [0.5, 0.6) is 5.75 Å². The average molecular weight is 451 g/mol. The van der Waals surface area contributed by atoms with Crippen LogP contribution in [0.1, 0.15) is 24.0 Å². The molecule has 0 aromatic heterocycles. The van der Waals surface area contributed by atoms with Gasteiger partial charge in [-0.15, -0.1) is 0 Å². The Bertz CT molecular complexity index is 1050. The van der Waals surface area contributed by atoms with Crippen molar-refractivity contribution in [3.63, 3.8) is 0 Å². The summed E-state index contributed by atoms with van der Waals surface area (Å²) in [6, 6.07) is 10.5. The van der Waals surface area contributed by atoms with Crippen LogP contribution in [0.2, 0.25) is 5.02 Å². The molecule has 6 nitrogen and oxygen atoms in total. The molecule has 0 aliphatic carbocycles. The zero-order valence-electron chi connectivity index (χ0n) is 17.7. The van der Waals surface area contributed by atoms with Crippen LogP contribution < -0.4 is 9.64 Å². The Hall–Kier alpha value is -2.09. The Kier molecular flexibility index (Phi) is 6.75. The molecule has 3 rings (SSSR count). The van der Waals surface area contributed by atoms with E-state index < -0.39 is 10.0 Å². The number of sulfonamides is 1. The van der Waals surface area contributed by atoms with Gasteiger partial charge in [0.2, 0.25) is 15.9 Å². The quantitative estimate of drug-likeness (QED) is 0.689. The molecule has 1 saturated heterocycles. The van der Waals surface area contributed by atoms with Crippen molar-refractivity contribution in [2.45, 2.75) is 31.6 Å². The van der Waals surface area contributed by atoms with Gasteiger partial charge in [-0.2, -0.15) is 4.31 Å². The molecule has 2 aromatic rings. The number of carbonyl (C=O) groups is 1. The Labute approximate surface area is 183 Å². The molecule has 1 aliphatic rings. The number of halogens is 1. The highest BCUT2D eigenvalue weighted by molar-refractivity contribution is 7.89. The topological polar surface area (TPSA) is 66.9 Å². The van der Waals surface area contributed by atoms with E-state index in [-0.39, 0.29) is 35.6 Å². The second-order valence-electron chi connectivity index (χ2n) is 7.64. The first kappa shape index (κ1) is 22.6. The van der Waals surface area contributed by atoms with Gasteiger partial charge in [0, 0.05) is 36.8 Å². The Balaban J connectivity index is 1.71. The zero-order chi connectivity index (χ0) is 22.1. The molecule has 0 bridgehead atoms. The Morgan fingerprint density at radius 1 is 1.10 bits per heavy atom. The van der Waals surface area contributed by atoms with E-state index in [0.29, 0.717) is 17.9 Å². The summed E-state index contributed by atoms with van der Waals surface area (Å²) in [7, 11) is -0.564. The number of aryl methyl sites for hydroxylation is 2. The molecule has 1 heterocycles. The van der Waals surface area contributed by atoms with Crippen LogP contribution in [0.3, 0.4) is 0 Å². The SMILES string of the molecule is COc1ccc(Cl)cc1S(=O)(=O)N1CCC(C(=O)N(C)c2ccc(C)c(C)c2)CC1. The summed E-state index contributed by atoms with van der Waals surface area (Å²) in [4.78, 5) is 14.7. The van der Waals surface area contributed by atoms with Gasteiger partial charge in [-0.05, 0) is 68.1 Å². The lowest BCUT2D eigenvalue weighted by atomic mass is 9.96. The molecular weight excluding hydrogens is 424 g/mol. The minimum absolute atomic E-state index is 0.00985. The van der Waals surface area contributed by atoms with E-state index in [4.69, 9.17) is 16.3 Å². The molecule has 0 radical (unpaired) electrons. The highest BCUT2D eigenvalue weighted by atomic mass is 35.5. The number of nitrogens with zero attached hydrogens (tertiary/aromatic N) is 2. The first-order chi connectivity index (χ1) is 14.1. The molecule has 0 N–H and O–H groups in total. The van der Waals surface area contributed by atoms with Crippen LogP contribution in [0, 0.1) is 19.8 Å². The van der Waals surface area contributed by atoms with E-state index in [1.165, 1.54) is 23.0 Å². The highest BCUT2D eigenvalue weighted by Gasteiger charge is 2.35. The lowest BCUT2D eigenvalue weighted by Gasteiger charge is -2.33. The number of methoxy groups -OCH3 is 1. The van der Waals surface area contributed by atoms with Crippen molar-refractivity contribution in [2.75, 3.05) is 32.1 Å². The van der Waals surface area contributed by atoms with Gasteiger partial charge in [0.05, 0.1) is 7.11 Å². The van der Waals surface area contributed by atoms with E-state index in [9.17, 15) is 13.2 Å². The molecular formula is C22H27ClN2O4S. The first-order valence-electron chi connectivity index (χ1n) is 9.83. The summed E-state index contributed by atoms with van der Waals surface area (Å²) in [5, 5.41) is 0.328. The van der Waals surface area contributed by atoms with Crippen molar-refractivity contribution in [1.29, 1.82) is 0 Å². The lowest BCUT2D eigenvalue weighted by Crippen LogP contribution is -2.43. The smallest absolute Gasteiger partial charge is 0.246 e. The van der Waals surface area contributed by atoms with Gasteiger partial charge in [-0.25, -0.2) is 8.42 Å². The number of amides is 1. The second kappa shape index (κ2) is 8.96. The van der Waals surface area contributed by atoms with Crippen molar-refractivity contribution >= 4 is 33.2 Å². The maximum absolute atomic E-state index is 13.1. The summed E-state index contributed by atoms with van der Waals surface area (Å²) in [5.41, 5.74) is 3.15. The maximum Gasteiger partial charge on any atom is 0.246 e. The monoisotopic (exact) mass is 450 g/mol. The third kappa shape index (κ3) is 4.48. The number of benzene rings is 2. The molecule has 0 saturated carbocycles. The number of hydrogen-bond acceptors (Lipinski definition) is 4. The number of piperidine rings is 1. The Morgan fingerprint density at radius 2 is 1.77 bits per heavy atom. The molecule has 2 aromatic carbocycles. The van der Waals surface area contributed by atoms with Gasteiger partial charge in [0.1, 0.15) is 10.6 Å². The van der Waals surface area contributed by atoms with E-state index in [0.717, 1.165) is 11.3 Å². The van der Waals surface area contributed by atoms with Crippen molar-refractivity contribution in [1.82, 2.24) is 4.31 Å². The van der Waals surface area contributed by atoms with E-state index in [1.54, 1.807) is 24.1 Å². The minimum Gasteiger partial charge on any atom is -0.495 e. The fourth-order valence-electron chi connectivity index (χ4n) is 3.67. The van der Waals surface area contributed by atoms with Crippen molar-refractivity contribution in [3.8, 4) is 5.75 Å². The van der Waals surface area contributed by atoms with Crippen LogP contribution in [0.15, 0.2) is 41.3 Å². The third-order valence-corrected chi connectivity index (χ3v) is 7.91. The number of hydrogen-bond donors (Lipinski definition) is 0. The molecule has 1 amide bonds. The van der Waals surface area contributed by atoms with Crippen molar-refractivity contribution in [3.05, 3.63) is 52.5 Å². The minimum atomic E-state index is -3.76. The predicted molar refractivity (Wildman–Crippen MR) is 119 cm³/mol. The highest BCUT2D eigenvalue weighted by Crippen LogP contribution is 2.32. The molecule has 30 heavy (non-hydrogen) atoms. The van der Waals surface area contributed by atoms with Crippen LogP contribution >= 0.6 is 11.6 Å². The maximum atomic E-state index is 13.1. The summed E-state index contributed by atoms with van der Waals surface area (Å²) < 4.78 is 32.8. The summed E-state index contributed by atoms with van der Waals surface area (Å²) in [6.45, 7) is 4.60. The first-order valence-corrected chi connectivity index (χ1v) is 11.7. The van der Waals surface area contributed by atoms with Gasteiger partial charge < -0.3 is 9.64 Å². The van der Waals surface area contributed by atoms with E-state index in [1.807, 2.05) is 32.0 Å². The fraction of sp³-hybridized carbons (Fsp3) is 0.409. The van der Waals surface area contributed by atoms with Gasteiger partial charge >= 0.3 is 0 Å². The Morgan fingerprint density at radius 3 is 2.37 bits per heavy atom. The van der Waals surface area contributed by atoms with E-state index >= 15 is 0 Å². The summed E-state index contributed by atoms with van der Waals surface area (Å²) in [6.07, 6.45) is 0.937. The van der Waals surface area contributed by atoms with Crippen LogP contribution in [0.25, 0.3) is 0 Å². The van der Waals surface area contributed by atoms with Gasteiger partial charge in [-0.1, -0.05) is 17.7 Å². The molecule has 0 spiro atoms. The molecule has 1 fully saturated rings. The average Bonchev–Trinajstić information content (AvgIpc) is 2.74. The molecule has 162 valence electrons. The summed E-state index contributed by atoms with van der Waals surface area (Å²) >= 11 is 6.01. The van der Waals surface area contributed by atoms with E-state index in [2.05, 4.69) is 0 Å². The van der Waals surface area contributed by atoms with Gasteiger partial charge in [-0.3, -0.25) is 4.79 Å². The lowest BCUT2D eigenvalue weighted by molar-refractivity contribution is -0.123. The van der Waals surface area contributed by atoms with Crippen LogP contribution in [-0.2, 0) is 14.8 Å². The number of ether oxygens (including phenoxy) is 1. The standard InChI is InChI=1S/C22H27ClN2O4S/c1-15-5-7-19(13-16(15)2)24(3)22(26)17-9-11-25(12-10-17)30(27,28)21-14-18(23)6-8-20(21)29-4/h5-8,13-14,17H,9-12H2,1-4H3. The molecule has 8 heteroatoms. The van der Waals surface area contributed by atoms with Gasteiger partial charge in [0.25, 0.3) is 0 Å². The molecule has 0 unspecified atom stereocenters. The van der Waals surface area contributed by atoms with Gasteiger partial charge in [0.15, 0.2) is 0 Å². The zero-order valence-corrected chi connectivity index (χ0v) is 19.3. The summed E-state index contributed by atoms with van der Waals surface area (Å²) in [5.74, 6) is 0.0482. The molecule has 1 aliphatic heterocycles. The number of carbonyl (C=O) groups excluding carboxylic acids is 1. The number of anilines is 1. The largest absolute Gasteiger partial charge is 0.495 e. The fourth-order valence-corrected chi connectivity index (χ4v) is 5.56. The predicted octanol–water partition coefficient (Wildman–Crippen LogP) is 4.03. The van der Waals surface area contributed by atoms with Crippen molar-refractivity contribution < 1.29 is 17.9 Å². The normalized spacial score (nSPS) is 15.8. The second-order valence-corrected chi connectivity index (χ2v) is 9.98.